The lowest BCUT2D eigenvalue weighted by atomic mass is 9.76. The van der Waals surface area contributed by atoms with Crippen LogP contribution < -0.4 is 5.32 Å². The Bertz CT molecular complexity index is 282. The summed E-state index contributed by atoms with van der Waals surface area (Å²) in [4.78, 5) is 15.3. The van der Waals surface area contributed by atoms with E-state index in [1.165, 1.54) is 0 Å². The van der Waals surface area contributed by atoms with Crippen molar-refractivity contribution in [3.8, 4) is 0 Å². The van der Waals surface area contributed by atoms with Crippen LogP contribution in [0.15, 0.2) is 0 Å². The minimum Gasteiger partial charge on any atom is -0.389 e. The molecular weight excluding hydrogens is 206 g/mol. The van der Waals surface area contributed by atoms with Gasteiger partial charge in [-0.1, -0.05) is 0 Å². The molecule has 16 heavy (non-hydrogen) atoms. The van der Waals surface area contributed by atoms with Crippen LogP contribution in [-0.4, -0.2) is 66.8 Å². The summed E-state index contributed by atoms with van der Waals surface area (Å²) in [5.41, 5.74) is -0.547. The molecular formula is C11H21N3O2. The summed E-state index contributed by atoms with van der Waals surface area (Å²) in [5, 5.41) is 13.7. The first-order valence-corrected chi connectivity index (χ1v) is 5.92. The van der Waals surface area contributed by atoms with Crippen LogP contribution in [0.3, 0.4) is 0 Å². The number of likely N-dealkylation sites (tertiary alicyclic amines) is 1. The Labute approximate surface area is 96.4 Å². The van der Waals surface area contributed by atoms with Gasteiger partial charge < -0.3 is 20.2 Å². The van der Waals surface area contributed by atoms with Crippen molar-refractivity contribution in [2.24, 2.45) is 5.92 Å². The van der Waals surface area contributed by atoms with Gasteiger partial charge in [-0.2, -0.15) is 0 Å². The van der Waals surface area contributed by atoms with E-state index in [1.54, 1.807) is 19.0 Å². The van der Waals surface area contributed by atoms with E-state index in [0.717, 1.165) is 19.5 Å². The molecule has 2 amide bonds. The van der Waals surface area contributed by atoms with Crippen LogP contribution in [-0.2, 0) is 0 Å². The van der Waals surface area contributed by atoms with Crippen molar-refractivity contribution in [1.29, 1.82) is 0 Å². The Kier molecular flexibility index (Phi) is 3.08. The van der Waals surface area contributed by atoms with Gasteiger partial charge in [-0.25, -0.2) is 4.79 Å². The number of fused-ring (bicyclic) bond motifs is 1. The smallest absolute Gasteiger partial charge is 0.319 e. The number of carbonyl (C=O) groups excluding carboxylic acids is 1. The fourth-order valence-corrected chi connectivity index (χ4v) is 2.68. The second-order valence-corrected chi connectivity index (χ2v) is 5.13. The number of carbonyl (C=O) groups is 1. The van der Waals surface area contributed by atoms with Crippen LogP contribution in [0.2, 0.25) is 0 Å². The molecule has 0 bridgehead atoms. The first-order chi connectivity index (χ1) is 7.53. The SMILES string of the molecule is CN(C)C(=O)N1CCC2(O)CCNCC2C1. The Morgan fingerprint density at radius 3 is 2.94 bits per heavy atom. The zero-order valence-corrected chi connectivity index (χ0v) is 10.1. The van der Waals surface area contributed by atoms with Gasteiger partial charge >= 0.3 is 6.03 Å². The van der Waals surface area contributed by atoms with Gasteiger partial charge in [0.05, 0.1) is 5.60 Å². The molecule has 5 heteroatoms. The molecule has 0 radical (unpaired) electrons. The molecule has 5 nitrogen and oxygen atoms in total. The summed E-state index contributed by atoms with van der Waals surface area (Å²) in [6.45, 7) is 3.03. The van der Waals surface area contributed by atoms with Gasteiger partial charge in [-0.3, -0.25) is 0 Å². The van der Waals surface area contributed by atoms with Crippen molar-refractivity contribution >= 4 is 6.03 Å². The lowest BCUT2D eigenvalue weighted by Crippen LogP contribution is -2.60. The highest BCUT2D eigenvalue weighted by atomic mass is 16.3. The van der Waals surface area contributed by atoms with E-state index in [-0.39, 0.29) is 11.9 Å². The van der Waals surface area contributed by atoms with Gasteiger partial charge in [0, 0.05) is 39.6 Å². The zero-order valence-electron chi connectivity index (χ0n) is 10.1. The minimum absolute atomic E-state index is 0.0487. The van der Waals surface area contributed by atoms with Gasteiger partial charge in [-0.05, 0) is 19.4 Å². The standard InChI is InChI=1S/C11H21N3O2/c1-13(2)10(15)14-6-4-11(16)3-5-12-7-9(11)8-14/h9,12,16H,3-8H2,1-2H3. The maximum absolute atomic E-state index is 11.8. The van der Waals surface area contributed by atoms with Gasteiger partial charge in [0.25, 0.3) is 0 Å². The highest BCUT2D eigenvalue weighted by molar-refractivity contribution is 5.74. The van der Waals surface area contributed by atoms with Crippen molar-refractivity contribution in [1.82, 2.24) is 15.1 Å². The van der Waals surface area contributed by atoms with Gasteiger partial charge in [0.15, 0.2) is 0 Å². The van der Waals surface area contributed by atoms with E-state index in [9.17, 15) is 9.90 Å². The monoisotopic (exact) mass is 227 g/mol. The predicted molar refractivity (Wildman–Crippen MR) is 61.2 cm³/mol. The van der Waals surface area contributed by atoms with E-state index >= 15 is 0 Å². The number of nitrogens with one attached hydrogen (secondary N) is 1. The number of amides is 2. The number of piperidine rings is 2. The van der Waals surface area contributed by atoms with Crippen molar-refractivity contribution in [2.75, 3.05) is 40.3 Å². The van der Waals surface area contributed by atoms with Crippen molar-refractivity contribution in [2.45, 2.75) is 18.4 Å². The van der Waals surface area contributed by atoms with E-state index < -0.39 is 5.60 Å². The molecule has 92 valence electrons. The normalized spacial score (nSPS) is 34.4. The molecule has 0 aromatic carbocycles. The molecule has 2 heterocycles. The molecule has 2 atom stereocenters. The molecule has 2 aliphatic rings. The fraction of sp³-hybridized carbons (Fsp3) is 0.909. The summed E-state index contributed by atoms with van der Waals surface area (Å²) in [6.07, 6.45) is 1.51. The third-order valence-corrected chi connectivity index (χ3v) is 3.79. The van der Waals surface area contributed by atoms with E-state index in [2.05, 4.69) is 5.32 Å². The average molecular weight is 227 g/mol. The molecule has 0 spiro atoms. The molecule has 0 aliphatic carbocycles. The van der Waals surface area contributed by atoms with Gasteiger partial charge in [0.2, 0.25) is 0 Å². The Morgan fingerprint density at radius 1 is 1.50 bits per heavy atom. The molecule has 2 aliphatic heterocycles. The summed E-state index contributed by atoms with van der Waals surface area (Å²) in [5.74, 6) is 0.180. The van der Waals surface area contributed by atoms with E-state index in [0.29, 0.717) is 19.5 Å². The topological polar surface area (TPSA) is 55.8 Å². The number of aliphatic hydroxyl groups is 1. The molecule has 2 saturated heterocycles. The highest BCUT2D eigenvalue weighted by Gasteiger charge is 2.43. The van der Waals surface area contributed by atoms with Crippen LogP contribution >= 0.6 is 0 Å². The average Bonchev–Trinajstić information content (AvgIpc) is 2.26. The van der Waals surface area contributed by atoms with Crippen molar-refractivity contribution in [3.05, 3.63) is 0 Å². The molecule has 2 fully saturated rings. The van der Waals surface area contributed by atoms with Crippen LogP contribution in [0.4, 0.5) is 4.79 Å². The number of hydrogen-bond donors (Lipinski definition) is 2. The van der Waals surface area contributed by atoms with Crippen LogP contribution in [0, 0.1) is 5.92 Å². The number of nitrogens with zero attached hydrogens (tertiary/aromatic N) is 2. The first-order valence-electron chi connectivity index (χ1n) is 5.92. The summed E-state index contributed by atoms with van der Waals surface area (Å²) >= 11 is 0. The number of urea groups is 1. The zero-order chi connectivity index (χ0) is 11.8. The Morgan fingerprint density at radius 2 is 2.25 bits per heavy atom. The predicted octanol–water partition coefficient (Wildman–Crippen LogP) is -0.286. The summed E-state index contributed by atoms with van der Waals surface area (Å²) in [7, 11) is 3.53. The lowest BCUT2D eigenvalue weighted by molar-refractivity contribution is -0.0813. The van der Waals surface area contributed by atoms with Gasteiger partial charge in [0.1, 0.15) is 0 Å². The van der Waals surface area contributed by atoms with Crippen molar-refractivity contribution in [3.63, 3.8) is 0 Å². The largest absolute Gasteiger partial charge is 0.389 e. The molecule has 0 aromatic rings. The quantitative estimate of drug-likeness (QED) is 0.598. The lowest BCUT2D eigenvalue weighted by Gasteiger charge is -2.47. The van der Waals surface area contributed by atoms with Crippen molar-refractivity contribution < 1.29 is 9.90 Å². The van der Waals surface area contributed by atoms with Crippen LogP contribution in [0.1, 0.15) is 12.8 Å². The Balaban J connectivity index is 2.02. The minimum atomic E-state index is -0.547. The first kappa shape index (κ1) is 11.7. The summed E-state index contributed by atoms with van der Waals surface area (Å²) < 4.78 is 0. The third kappa shape index (κ3) is 2.01. The van der Waals surface area contributed by atoms with Gasteiger partial charge in [-0.15, -0.1) is 0 Å². The second-order valence-electron chi connectivity index (χ2n) is 5.13. The molecule has 0 saturated carbocycles. The molecule has 2 unspecified atom stereocenters. The molecule has 0 aromatic heterocycles. The highest BCUT2D eigenvalue weighted by Crippen LogP contribution is 2.32. The summed E-state index contributed by atoms with van der Waals surface area (Å²) in [6, 6.07) is 0.0487. The number of rotatable bonds is 0. The fourth-order valence-electron chi connectivity index (χ4n) is 2.68. The van der Waals surface area contributed by atoms with Crippen LogP contribution in [0.25, 0.3) is 0 Å². The van der Waals surface area contributed by atoms with Crippen LogP contribution in [0.5, 0.6) is 0 Å². The molecule has 2 N–H and O–H groups in total. The van der Waals surface area contributed by atoms with E-state index in [1.807, 2.05) is 4.90 Å². The van der Waals surface area contributed by atoms with E-state index in [4.69, 9.17) is 0 Å². The maximum atomic E-state index is 11.8. The third-order valence-electron chi connectivity index (χ3n) is 3.79. The molecule has 2 rings (SSSR count). The maximum Gasteiger partial charge on any atom is 0.319 e. The number of hydrogen-bond acceptors (Lipinski definition) is 3. The Hall–Kier alpha value is -0.810. The second kappa shape index (κ2) is 4.22.